The predicted molar refractivity (Wildman–Crippen MR) is 63.3 cm³/mol. The highest BCUT2D eigenvalue weighted by molar-refractivity contribution is 8.00. The van der Waals surface area contributed by atoms with Crippen molar-refractivity contribution >= 4 is 29.6 Å². The molecule has 0 aromatic rings. The molecule has 0 aliphatic carbocycles. The van der Waals surface area contributed by atoms with E-state index in [4.69, 9.17) is 9.84 Å². The summed E-state index contributed by atoms with van der Waals surface area (Å²) in [6, 6.07) is -0.735. The minimum atomic E-state index is -0.973. The number of amides is 1. The third-order valence-corrected chi connectivity index (χ3v) is 3.28. The van der Waals surface area contributed by atoms with Gasteiger partial charge in [-0.25, -0.2) is 4.79 Å². The third-order valence-electron chi connectivity index (χ3n) is 2.37. The summed E-state index contributed by atoms with van der Waals surface area (Å²) >= 11 is 1.00. The van der Waals surface area contributed by atoms with E-state index in [0.29, 0.717) is 13.2 Å². The van der Waals surface area contributed by atoms with Crippen molar-refractivity contribution in [1.29, 1.82) is 0 Å². The van der Waals surface area contributed by atoms with Crippen LogP contribution in [-0.2, 0) is 23.9 Å². The second-order valence-electron chi connectivity index (χ2n) is 3.59. The molecule has 8 heteroatoms. The number of carboxylic acids is 1. The normalized spacial score (nSPS) is 19.4. The lowest BCUT2D eigenvalue weighted by molar-refractivity contribution is -0.159. The van der Waals surface area contributed by atoms with Gasteiger partial charge < -0.3 is 19.5 Å². The molecular weight excluding hydrogens is 262 g/mol. The van der Waals surface area contributed by atoms with E-state index in [1.165, 1.54) is 12.0 Å². The van der Waals surface area contributed by atoms with Crippen molar-refractivity contribution in [3.8, 4) is 0 Å². The summed E-state index contributed by atoms with van der Waals surface area (Å²) in [6.07, 6.45) is 0. The van der Waals surface area contributed by atoms with E-state index < -0.39 is 18.0 Å². The van der Waals surface area contributed by atoms with E-state index in [1.807, 2.05) is 0 Å². The molecule has 1 heterocycles. The summed E-state index contributed by atoms with van der Waals surface area (Å²) in [5.74, 6) is -1.88. The van der Waals surface area contributed by atoms with Gasteiger partial charge in [0.1, 0.15) is 0 Å². The van der Waals surface area contributed by atoms with Crippen LogP contribution in [0.4, 0.5) is 0 Å². The zero-order valence-corrected chi connectivity index (χ0v) is 10.8. The molecule has 1 aliphatic rings. The van der Waals surface area contributed by atoms with Gasteiger partial charge in [0.15, 0.2) is 6.04 Å². The molecule has 1 unspecified atom stereocenters. The van der Waals surface area contributed by atoms with Crippen molar-refractivity contribution in [2.24, 2.45) is 0 Å². The Morgan fingerprint density at radius 2 is 2.17 bits per heavy atom. The predicted octanol–water partition coefficient (Wildman–Crippen LogP) is -0.795. The Balaban J connectivity index is 2.52. The highest BCUT2D eigenvalue weighted by Gasteiger charge is 2.33. The van der Waals surface area contributed by atoms with Gasteiger partial charge in [-0.2, -0.15) is 0 Å². The molecule has 7 nitrogen and oxygen atoms in total. The van der Waals surface area contributed by atoms with E-state index in [9.17, 15) is 14.4 Å². The minimum Gasteiger partial charge on any atom is -0.481 e. The number of carboxylic acid groups (broad SMARTS) is 1. The maximum absolute atomic E-state index is 11.9. The van der Waals surface area contributed by atoms with Gasteiger partial charge in [0, 0.05) is 6.54 Å². The van der Waals surface area contributed by atoms with Crippen LogP contribution < -0.4 is 0 Å². The summed E-state index contributed by atoms with van der Waals surface area (Å²) in [6.45, 7) is 0.789. The van der Waals surface area contributed by atoms with E-state index in [-0.39, 0.29) is 24.0 Å². The first-order chi connectivity index (χ1) is 8.56. The molecule has 0 aromatic heterocycles. The van der Waals surface area contributed by atoms with Gasteiger partial charge in [-0.3, -0.25) is 9.59 Å². The van der Waals surface area contributed by atoms with Crippen molar-refractivity contribution in [1.82, 2.24) is 4.90 Å². The molecule has 102 valence electrons. The number of carbonyl (C=O) groups is 3. The Morgan fingerprint density at radius 3 is 2.78 bits per heavy atom. The van der Waals surface area contributed by atoms with Crippen LogP contribution >= 0.6 is 11.8 Å². The van der Waals surface area contributed by atoms with Crippen molar-refractivity contribution in [3.63, 3.8) is 0 Å². The number of carbonyl (C=O) groups excluding carboxylic acids is 2. The summed E-state index contributed by atoms with van der Waals surface area (Å²) < 4.78 is 9.73. The van der Waals surface area contributed by atoms with Crippen LogP contribution in [0.1, 0.15) is 0 Å². The van der Waals surface area contributed by atoms with Crippen LogP contribution in [-0.4, -0.2) is 72.3 Å². The van der Waals surface area contributed by atoms with Crippen molar-refractivity contribution in [2.45, 2.75) is 6.04 Å². The molecule has 1 N–H and O–H groups in total. The lowest BCUT2D eigenvalue weighted by atomic mass is 10.2. The largest absolute Gasteiger partial charge is 0.481 e. The van der Waals surface area contributed by atoms with Crippen LogP contribution in [0.15, 0.2) is 0 Å². The SMILES string of the molecule is COC(=O)C1COCCN1C(=O)CSCC(=O)O. The lowest BCUT2D eigenvalue weighted by Crippen LogP contribution is -2.53. The highest BCUT2D eigenvalue weighted by atomic mass is 32.2. The van der Waals surface area contributed by atoms with Crippen molar-refractivity contribution in [2.75, 3.05) is 38.4 Å². The number of esters is 1. The molecule has 1 saturated heterocycles. The Hall–Kier alpha value is -1.28. The standard InChI is InChI=1S/C10H15NO6S/c1-16-10(15)7-4-17-3-2-11(7)8(12)5-18-6-9(13)14/h7H,2-6H2,1H3,(H,13,14). The second kappa shape index (κ2) is 7.22. The monoisotopic (exact) mass is 277 g/mol. The summed E-state index contributed by atoms with van der Waals surface area (Å²) in [7, 11) is 1.25. The van der Waals surface area contributed by atoms with Gasteiger partial charge in [0.25, 0.3) is 0 Å². The number of ether oxygens (including phenoxy) is 2. The molecular formula is C10H15NO6S. The van der Waals surface area contributed by atoms with Crippen molar-refractivity contribution < 1.29 is 29.0 Å². The number of rotatable bonds is 5. The van der Waals surface area contributed by atoms with Gasteiger partial charge >= 0.3 is 11.9 Å². The zero-order chi connectivity index (χ0) is 13.5. The Bertz CT molecular complexity index is 334. The highest BCUT2D eigenvalue weighted by Crippen LogP contribution is 2.11. The molecule has 1 fully saturated rings. The molecule has 0 radical (unpaired) electrons. The van der Waals surface area contributed by atoms with E-state index in [2.05, 4.69) is 4.74 Å². The molecule has 18 heavy (non-hydrogen) atoms. The molecule has 0 saturated carbocycles. The van der Waals surface area contributed by atoms with E-state index in [0.717, 1.165) is 11.8 Å². The topological polar surface area (TPSA) is 93.1 Å². The first-order valence-electron chi connectivity index (χ1n) is 5.31. The number of methoxy groups -OCH3 is 1. The Kier molecular flexibility index (Phi) is 5.93. The van der Waals surface area contributed by atoms with Gasteiger partial charge in [0.05, 0.1) is 31.8 Å². The fourth-order valence-corrected chi connectivity index (χ4v) is 2.16. The van der Waals surface area contributed by atoms with Gasteiger partial charge in [0.2, 0.25) is 5.91 Å². The summed E-state index contributed by atoms with van der Waals surface area (Å²) in [5.41, 5.74) is 0. The van der Waals surface area contributed by atoms with E-state index in [1.54, 1.807) is 0 Å². The van der Waals surface area contributed by atoms with Crippen LogP contribution in [0.3, 0.4) is 0 Å². The molecule has 0 aromatic carbocycles. The quantitative estimate of drug-likeness (QED) is 0.658. The molecule has 0 spiro atoms. The fraction of sp³-hybridized carbons (Fsp3) is 0.700. The zero-order valence-electron chi connectivity index (χ0n) is 9.96. The Labute approximate surface area is 108 Å². The van der Waals surface area contributed by atoms with Gasteiger partial charge in [-0.05, 0) is 0 Å². The van der Waals surface area contributed by atoms with Crippen molar-refractivity contribution in [3.05, 3.63) is 0 Å². The number of aliphatic carboxylic acids is 1. The minimum absolute atomic E-state index is 0.0276. The number of hydrogen-bond donors (Lipinski definition) is 1. The first kappa shape index (κ1) is 14.8. The smallest absolute Gasteiger partial charge is 0.331 e. The van der Waals surface area contributed by atoms with Crippen LogP contribution in [0.5, 0.6) is 0 Å². The average Bonchev–Trinajstić information content (AvgIpc) is 2.37. The summed E-state index contributed by atoms with van der Waals surface area (Å²) in [5, 5.41) is 8.48. The molecule has 1 aliphatic heterocycles. The first-order valence-corrected chi connectivity index (χ1v) is 6.46. The lowest BCUT2D eigenvalue weighted by Gasteiger charge is -2.33. The van der Waals surface area contributed by atoms with E-state index >= 15 is 0 Å². The molecule has 1 rings (SSSR count). The van der Waals surface area contributed by atoms with Crippen LogP contribution in [0.2, 0.25) is 0 Å². The maximum atomic E-state index is 11.9. The second-order valence-corrected chi connectivity index (χ2v) is 4.57. The van der Waals surface area contributed by atoms with Gasteiger partial charge in [-0.1, -0.05) is 0 Å². The number of nitrogens with zero attached hydrogens (tertiary/aromatic N) is 1. The van der Waals surface area contributed by atoms with Crippen LogP contribution in [0, 0.1) is 0 Å². The Morgan fingerprint density at radius 1 is 1.44 bits per heavy atom. The van der Waals surface area contributed by atoms with Crippen LogP contribution in [0.25, 0.3) is 0 Å². The maximum Gasteiger partial charge on any atom is 0.331 e. The number of morpholine rings is 1. The average molecular weight is 277 g/mol. The molecule has 1 atom stereocenters. The summed E-state index contributed by atoms with van der Waals surface area (Å²) in [4.78, 5) is 35.0. The number of hydrogen-bond acceptors (Lipinski definition) is 6. The molecule has 1 amide bonds. The fourth-order valence-electron chi connectivity index (χ4n) is 1.54. The third kappa shape index (κ3) is 4.19. The van der Waals surface area contributed by atoms with Gasteiger partial charge in [-0.15, -0.1) is 11.8 Å². The molecule has 0 bridgehead atoms. The number of thioether (sulfide) groups is 1.